The number of carbonyl (C=O) groups excluding carboxylic acids is 3. The largest absolute Gasteiger partial charge is 0.482 e. The molecule has 4 rings (SSSR count). The lowest BCUT2D eigenvalue weighted by Gasteiger charge is -2.33. The molecule has 0 aliphatic carbocycles. The molecule has 3 aliphatic heterocycles. The molecule has 3 aliphatic rings. The number of carbonyl (C=O) groups is 3. The Hall–Kier alpha value is -2.86. The Bertz CT molecular complexity index is 1080. The Balaban J connectivity index is 1.43. The highest BCUT2D eigenvalue weighted by atomic mass is 32.2. The molecule has 0 atom stereocenters. The smallest absolute Gasteiger partial charge is 0.409 e. The minimum absolute atomic E-state index is 0.0817. The van der Waals surface area contributed by atoms with E-state index in [1.807, 2.05) is 0 Å². The molecule has 3 heterocycles. The average molecular weight is 523 g/mol. The summed E-state index contributed by atoms with van der Waals surface area (Å²) in [4.78, 5) is 40.4. The van der Waals surface area contributed by atoms with Crippen molar-refractivity contribution in [3.8, 4) is 5.75 Å². The molecule has 0 bridgehead atoms. The summed E-state index contributed by atoms with van der Waals surface area (Å²) >= 11 is 0. The Morgan fingerprint density at radius 2 is 1.78 bits per heavy atom. The summed E-state index contributed by atoms with van der Waals surface area (Å²) in [5, 5.41) is 2.93. The molecule has 2 fully saturated rings. The van der Waals surface area contributed by atoms with E-state index < -0.39 is 15.9 Å². The van der Waals surface area contributed by atoms with E-state index in [1.54, 1.807) is 17.9 Å². The molecular formula is C24H34N4O7S. The van der Waals surface area contributed by atoms with Gasteiger partial charge in [-0.15, -0.1) is 0 Å². The predicted octanol–water partition coefficient (Wildman–Crippen LogP) is 1.71. The van der Waals surface area contributed by atoms with Gasteiger partial charge in [-0.3, -0.25) is 14.5 Å². The molecule has 198 valence electrons. The van der Waals surface area contributed by atoms with Crippen molar-refractivity contribution in [2.24, 2.45) is 0 Å². The molecule has 2 saturated heterocycles. The van der Waals surface area contributed by atoms with Gasteiger partial charge in [-0.2, -0.15) is 4.31 Å². The summed E-state index contributed by atoms with van der Waals surface area (Å²) in [6.07, 6.45) is 4.44. The van der Waals surface area contributed by atoms with Crippen LogP contribution in [0.1, 0.15) is 45.4 Å². The normalized spacial score (nSPS) is 19.8. The van der Waals surface area contributed by atoms with Crippen LogP contribution in [0.25, 0.3) is 0 Å². The SMILES string of the molecule is CCOC(=O)N1CCC(NC(=O)CN2C(=O)COc3ccc(S(=O)(=O)N4CCCCCC4)cc32)CC1. The summed E-state index contributed by atoms with van der Waals surface area (Å²) in [7, 11) is -3.73. The number of likely N-dealkylation sites (tertiary alicyclic amines) is 1. The zero-order valence-corrected chi connectivity index (χ0v) is 21.4. The molecule has 36 heavy (non-hydrogen) atoms. The van der Waals surface area contributed by atoms with E-state index in [0.29, 0.717) is 51.4 Å². The number of rotatable bonds is 6. The average Bonchev–Trinajstić information content (AvgIpc) is 3.16. The van der Waals surface area contributed by atoms with E-state index in [-0.39, 0.29) is 41.8 Å². The van der Waals surface area contributed by atoms with Gasteiger partial charge in [0.2, 0.25) is 15.9 Å². The number of hydrogen-bond acceptors (Lipinski definition) is 7. The molecular weight excluding hydrogens is 488 g/mol. The van der Waals surface area contributed by atoms with Crippen molar-refractivity contribution in [2.75, 3.05) is 50.8 Å². The Morgan fingerprint density at radius 3 is 2.44 bits per heavy atom. The van der Waals surface area contributed by atoms with E-state index in [4.69, 9.17) is 9.47 Å². The van der Waals surface area contributed by atoms with Gasteiger partial charge in [-0.05, 0) is 50.8 Å². The Labute approximate surface area is 211 Å². The second kappa shape index (κ2) is 11.5. The monoisotopic (exact) mass is 522 g/mol. The molecule has 0 spiro atoms. The third-order valence-electron chi connectivity index (χ3n) is 6.76. The summed E-state index contributed by atoms with van der Waals surface area (Å²) in [5.74, 6) is -0.411. The summed E-state index contributed by atoms with van der Waals surface area (Å²) in [6.45, 7) is 3.47. The molecule has 0 radical (unpaired) electrons. The van der Waals surface area contributed by atoms with E-state index in [1.165, 1.54) is 21.3 Å². The first-order chi connectivity index (χ1) is 17.3. The molecule has 0 saturated carbocycles. The second-order valence-corrected chi connectivity index (χ2v) is 11.2. The van der Waals surface area contributed by atoms with Gasteiger partial charge in [0.05, 0.1) is 17.2 Å². The van der Waals surface area contributed by atoms with Crippen LogP contribution in [0.5, 0.6) is 5.75 Å². The standard InChI is InChI=1S/C24H34N4O7S/c1-2-34-24(31)26-13-9-18(10-14-26)25-22(29)16-28-20-15-19(7-8-21(20)35-17-23(28)30)36(32,33)27-11-5-3-4-6-12-27/h7-8,15,18H,2-6,9-14,16-17H2,1H3,(H,25,29). The van der Waals surface area contributed by atoms with Crippen molar-refractivity contribution in [1.29, 1.82) is 0 Å². The Morgan fingerprint density at radius 1 is 1.08 bits per heavy atom. The molecule has 0 aromatic heterocycles. The summed E-state index contributed by atoms with van der Waals surface area (Å²) in [5.41, 5.74) is 0.273. The lowest BCUT2D eigenvalue weighted by Crippen LogP contribution is -2.50. The summed E-state index contributed by atoms with van der Waals surface area (Å²) < 4.78 is 38.6. The van der Waals surface area contributed by atoms with Crippen LogP contribution in [0.2, 0.25) is 0 Å². The van der Waals surface area contributed by atoms with Crippen molar-refractivity contribution < 1.29 is 32.3 Å². The first kappa shape index (κ1) is 26.2. The van der Waals surface area contributed by atoms with Crippen LogP contribution in [0.3, 0.4) is 0 Å². The molecule has 11 nitrogen and oxygen atoms in total. The van der Waals surface area contributed by atoms with Gasteiger partial charge < -0.3 is 19.7 Å². The maximum Gasteiger partial charge on any atom is 0.409 e. The molecule has 1 aromatic rings. The third kappa shape index (κ3) is 5.92. The van der Waals surface area contributed by atoms with Gasteiger partial charge in [0.15, 0.2) is 6.61 Å². The maximum atomic E-state index is 13.3. The van der Waals surface area contributed by atoms with Crippen LogP contribution >= 0.6 is 0 Å². The van der Waals surface area contributed by atoms with Gasteiger partial charge in [0.1, 0.15) is 12.3 Å². The fourth-order valence-electron chi connectivity index (χ4n) is 4.78. The van der Waals surface area contributed by atoms with Crippen LogP contribution < -0.4 is 15.0 Å². The van der Waals surface area contributed by atoms with Crippen LogP contribution in [0.4, 0.5) is 10.5 Å². The number of amides is 3. The predicted molar refractivity (Wildman–Crippen MR) is 131 cm³/mol. The van der Waals surface area contributed by atoms with Crippen LogP contribution in [-0.4, -0.2) is 87.5 Å². The quantitative estimate of drug-likeness (QED) is 0.603. The van der Waals surface area contributed by atoms with Crippen molar-refractivity contribution in [1.82, 2.24) is 14.5 Å². The fourth-order valence-corrected chi connectivity index (χ4v) is 6.32. The highest BCUT2D eigenvalue weighted by Gasteiger charge is 2.32. The van der Waals surface area contributed by atoms with E-state index in [0.717, 1.165) is 25.7 Å². The number of nitrogens with zero attached hydrogens (tertiary/aromatic N) is 3. The van der Waals surface area contributed by atoms with Gasteiger partial charge in [-0.1, -0.05) is 12.8 Å². The van der Waals surface area contributed by atoms with Crippen LogP contribution in [0, 0.1) is 0 Å². The second-order valence-electron chi connectivity index (χ2n) is 9.24. The van der Waals surface area contributed by atoms with E-state index in [9.17, 15) is 22.8 Å². The van der Waals surface area contributed by atoms with Gasteiger partial charge >= 0.3 is 6.09 Å². The topological polar surface area (TPSA) is 126 Å². The molecule has 3 amide bonds. The van der Waals surface area contributed by atoms with Crippen molar-refractivity contribution in [3.05, 3.63) is 18.2 Å². The van der Waals surface area contributed by atoms with Crippen molar-refractivity contribution in [3.63, 3.8) is 0 Å². The molecule has 0 unspecified atom stereocenters. The number of ether oxygens (including phenoxy) is 2. The number of nitrogens with one attached hydrogen (secondary N) is 1. The van der Waals surface area contributed by atoms with Gasteiger partial charge in [0.25, 0.3) is 5.91 Å². The number of piperidine rings is 1. The number of fused-ring (bicyclic) bond motifs is 1. The fraction of sp³-hybridized carbons (Fsp3) is 0.625. The number of anilines is 1. The van der Waals surface area contributed by atoms with E-state index >= 15 is 0 Å². The zero-order chi connectivity index (χ0) is 25.7. The van der Waals surface area contributed by atoms with Crippen molar-refractivity contribution >= 4 is 33.6 Å². The highest BCUT2D eigenvalue weighted by Crippen LogP contribution is 2.35. The minimum atomic E-state index is -3.73. The summed E-state index contributed by atoms with van der Waals surface area (Å²) in [6, 6.07) is 4.33. The Kier molecular flexibility index (Phi) is 8.35. The number of sulfonamides is 1. The van der Waals surface area contributed by atoms with Crippen LogP contribution in [0.15, 0.2) is 23.1 Å². The highest BCUT2D eigenvalue weighted by molar-refractivity contribution is 7.89. The van der Waals surface area contributed by atoms with Crippen molar-refractivity contribution in [2.45, 2.75) is 56.4 Å². The maximum absolute atomic E-state index is 13.3. The number of benzene rings is 1. The molecule has 12 heteroatoms. The molecule has 1 aromatic carbocycles. The van der Waals surface area contributed by atoms with E-state index in [2.05, 4.69) is 5.32 Å². The lowest BCUT2D eigenvalue weighted by molar-refractivity contribution is -0.125. The van der Waals surface area contributed by atoms with Gasteiger partial charge in [0, 0.05) is 32.2 Å². The first-order valence-corrected chi connectivity index (χ1v) is 14.0. The third-order valence-corrected chi connectivity index (χ3v) is 8.66. The zero-order valence-electron chi connectivity index (χ0n) is 20.6. The van der Waals surface area contributed by atoms with Crippen LogP contribution in [-0.2, 0) is 24.3 Å². The molecule has 1 N–H and O–H groups in total. The lowest BCUT2D eigenvalue weighted by atomic mass is 10.1. The minimum Gasteiger partial charge on any atom is -0.482 e. The number of hydrogen-bond donors (Lipinski definition) is 1. The first-order valence-electron chi connectivity index (χ1n) is 12.6. The van der Waals surface area contributed by atoms with Gasteiger partial charge in [-0.25, -0.2) is 13.2 Å².